The van der Waals surface area contributed by atoms with E-state index >= 15 is 0 Å². The number of unbranched alkanes of at least 4 members (excludes halogenated alkanes) is 13. The Bertz CT molecular complexity index is 344. The highest BCUT2D eigenvalue weighted by molar-refractivity contribution is 5.81. The Hall–Kier alpha value is -1.05. The van der Waals surface area contributed by atoms with Crippen LogP contribution in [0.15, 0.2) is 24.3 Å². The molecular formula is C23H42O2. The van der Waals surface area contributed by atoms with Gasteiger partial charge in [0.05, 0.1) is 6.61 Å². The lowest BCUT2D eigenvalue weighted by molar-refractivity contribution is -0.137. The van der Waals surface area contributed by atoms with Crippen LogP contribution < -0.4 is 0 Å². The van der Waals surface area contributed by atoms with E-state index in [4.69, 9.17) is 4.74 Å². The fourth-order valence-corrected chi connectivity index (χ4v) is 2.83. The molecule has 0 amide bonds. The Kier molecular flexibility index (Phi) is 18.5. The monoisotopic (exact) mass is 350 g/mol. The number of carbonyl (C=O) groups is 1. The molecule has 0 fully saturated rings. The van der Waals surface area contributed by atoms with Crippen molar-refractivity contribution in [3.8, 4) is 0 Å². The maximum absolute atomic E-state index is 11.4. The van der Waals surface area contributed by atoms with Gasteiger partial charge in [0.15, 0.2) is 0 Å². The minimum atomic E-state index is -0.226. The summed E-state index contributed by atoms with van der Waals surface area (Å²) in [5, 5.41) is 0. The van der Waals surface area contributed by atoms with Gasteiger partial charge in [-0.1, -0.05) is 95.6 Å². The highest BCUT2D eigenvalue weighted by atomic mass is 16.5. The van der Waals surface area contributed by atoms with Crippen LogP contribution in [0.1, 0.15) is 110 Å². The van der Waals surface area contributed by atoms with E-state index in [2.05, 4.69) is 13.5 Å². The molecule has 0 atom stereocenters. The van der Waals surface area contributed by atoms with E-state index in [1.54, 1.807) is 6.08 Å². The Balaban J connectivity index is 3.21. The maximum atomic E-state index is 11.4. The van der Waals surface area contributed by atoms with Crippen molar-refractivity contribution in [2.75, 3.05) is 6.61 Å². The molecule has 0 unspecified atom stereocenters. The largest absolute Gasteiger partial charge is 0.462 e. The van der Waals surface area contributed by atoms with Crippen LogP contribution in [0.5, 0.6) is 0 Å². The van der Waals surface area contributed by atoms with Crippen molar-refractivity contribution in [1.82, 2.24) is 0 Å². The van der Waals surface area contributed by atoms with Gasteiger partial charge in [-0.2, -0.15) is 0 Å². The highest BCUT2D eigenvalue weighted by Crippen LogP contribution is 2.13. The number of esters is 1. The molecule has 0 aromatic heterocycles. The number of carbonyl (C=O) groups excluding carboxylic acids is 1. The number of hydrogen-bond donors (Lipinski definition) is 0. The number of hydrogen-bond acceptors (Lipinski definition) is 2. The van der Waals surface area contributed by atoms with E-state index < -0.39 is 0 Å². The molecule has 0 aromatic carbocycles. The Morgan fingerprint density at radius 2 is 1.32 bits per heavy atom. The van der Waals surface area contributed by atoms with Gasteiger partial charge in [0.25, 0.3) is 0 Å². The van der Waals surface area contributed by atoms with Crippen molar-refractivity contribution < 1.29 is 9.53 Å². The van der Waals surface area contributed by atoms with E-state index in [0.29, 0.717) is 6.61 Å². The molecule has 0 bridgehead atoms. The molecule has 0 aliphatic carbocycles. The van der Waals surface area contributed by atoms with Crippen LogP contribution in [-0.4, -0.2) is 12.6 Å². The molecule has 25 heavy (non-hydrogen) atoms. The van der Waals surface area contributed by atoms with E-state index in [1.165, 1.54) is 83.5 Å². The molecule has 0 saturated carbocycles. The van der Waals surface area contributed by atoms with Crippen molar-refractivity contribution in [2.24, 2.45) is 0 Å². The van der Waals surface area contributed by atoms with Crippen molar-refractivity contribution in [3.63, 3.8) is 0 Å². The first-order valence-corrected chi connectivity index (χ1v) is 10.6. The zero-order chi connectivity index (χ0) is 18.6. The lowest BCUT2D eigenvalue weighted by Crippen LogP contribution is -2.02. The van der Waals surface area contributed by atoms with Gasteiger partial charge in [0.2, 0.25) is 0 Å². The van der Waals surface area contributed by atoms with Crippen LogP contribution in [0.25, 0.3) is 0 Å². The van der Waals surface area contributed by atoms with Crippen LogP contribution in [0.4, 0.5) is 0 Å². The Labute approximate surface area is 157 Å². The average molecular weight is 351 g/mol. The third-order valence-corrected chi connectivity index (χ3v) is 4.50. The lowest BCUT2D eigenvalue weighted by atomic mass is 10.0. The molecule has 0 N–H and O–H groups in total. The molecule has 2 heteroatoms. The van der Waals surface area contributed by atoms with Crippen molar-refractivity contribution in [2.45, 2.75) is 110 Å². The van der Waals surface area contributed by atoms with Gasteiger partial charge in [-0.3, -0.25) is 0 Å². The van der Waals surface area contributed by atoms with Gasteiger partial charge in [-0.05, 0) is 19.8 Å². The van der Waals surface area contributed by atoms with Gasteiger partial charge in [-0.25, -0.2) is 4.79 Å². The Morgan fingerprint density at radius 3 is 1.80 bits per heavy atom. The smallest absolute Gasteiger partial charge is 0.330 e. The Morgan fingerprint density at radius 1 is 0.840 bits per heavy atom. The third kappa shape index (κ3) is 20.9. The first kappa shape index (κ1) is 23.9. The van der Waals surface area contributed by atoms with E-state index in [0.717, 1.165) is 18.4 Å². The van der Waals surface area contributed by atoms with Gasteiger partial charge < -0.3 is 4.74 Å². The normalized spacial score (nSPS) is 11.1. The molecule has 0 aromatic rings. The topological polar surface area (TPSA) is 26.3 Å². The first-order chi connectivity index (χ1) is 12.2. The molecule has 0 rings (SSSR count). The summed E-state index contributed by atoms with van der Waals surface area (Å²) in [6.45, 7) is 8.45. The van der Waals surface area contributed by atoms with Gasteiger partial charge >= 0.3 is 5.97 Å². The highest BCUT2D eigenvalue weighted by Gasteiger charge is 1.96. The van der Waals surface area contributed by atoms with E-state index in [1.807, 2.05) is 13.0 Å². The minimum absolute atomic E-state index is 0.226. The molecule has 0 aliphatic rings. The zero-order valence-electron chi connectivity index (χ0n) is 17.0. The molecule has 0 spiro atoms. The molecule has 0 radical (unpaired) electrons. The lowest BCUT2D eigenvalue weighted by Gasteiger charge is -2.02. The van der Waals surface area contributed by atoms with Gasteiger partial charge in [-0.15, -0.1) is 6.58 Å². The summed E-state index contributed by atoms with van der Waals surface area (Å²) < 4.78 is 5.09. The summed E-state index contributed by atoms with van der Waals surface area (Å²) in [4.78, 5) is 11.4. The van der Waals surface area contributed by atoms with Crippen LogP contribution >= 0.6 is 0 Å². The first-order valence-electron chi connectivity index (χ1n) is 10.6. The molecule has 0 aliphatic heterocycles. The summed E-state index contributed by atoms with van der Waals surface area (Å²) in [7, 11) is 0. The number of rotatable bonds is 18. The molecule has 0 heterocycles. The fraction of sp³-hybridized carbons (Fsp3) is 0.783. The third-order valence-electron chi connectivity index (χ3n) is 4.50. The van der Waals surface area contributed by atoms with Crippen LogP contribution in [0.3, 0.4) is 0 Å². The van der Waals surface area contributed by atoms with Crippen molar-refractivity contribution >= 4 is 5.97 Å². The maximum Gasteiger partial charge on any atom is 0.330 e. The summed E-state index contributed by atoms with van der Waals surface area (Å²) >= 11 is 0. The standard InChI is InChI=1S/C23H42O2/c1-4-5-6-7-8-9-10-11-12-13-14-15-16-17-18-19-23(24)25-21-20-22(2)3/h18-19H,2,4-17,20-21H2,1,3H3. The molecular weight excluding hydrogens is 308 g/mol. The molecule has 146 valence electrons. The minimum Gasteiger partial charge on any atom is -0.462 e. The summed E-state index contributed by atoms with van der Waals surface area (Å²) in [6, 6.07) is 0. The van der Waals surface area contributed by atoms with Crippen molar-refractivity contribution in [1.29, 1.82) is 0 Å². The summed E-state index contributed by atoms with van der Waals surface area (Å²) in [6.07, 6.45) is 23.1. The van der Waals surface area contributed by atoms with Crippen molar-refractivity contribution in [3.05, 3.63) is 24.3 Å². The second-order valence-corrected chi connectivity index (χ2v) is 7.31. The zero-order valence-corrected chi connectivity index (χ0v) is 17.0. The summed E-state index contributed by atoms with van der Waals surface area (Å²) in [5.74, 6) is -0.226. The molecule has 2 nitrogen and oxygen atoms in total. The average Bonchev–Trinajstić information content (AvgIpc) is 2.58. The van der Waals surface area contributed by atoms with Crippen LogP contribution in [-0.2, 0) is 9.53 Å². The number of ether oxygens (including phenoxy) is 1. The predicted octanol–water partition coefficient (Wildman–Crippen LogP) is 7.53. The van der Waals surface area contributed by atoms with Gasteiger partial charge in [0, 0.05) is 12.5 Å². The predicted molar refractivity (Wildman–Crippen MR) is 110 cm³/mol. The van der Waals surface area contributed by atoms with Crippen LogP contribution in [0.2, 0.25) is 0 Å². The molecule has 0 saturated heterocycles. The second kappa shape index (κ2) is 19.3. The SMILES string of the molecule is C=C(C)CCOC(=O)C=CCCCCCCCCCCCCCCC. The van der Waals surface area contributed by atoms with E-state index in [9.17, 15) is 4.79 Å². The summed E-state index contributed by atoms with van der Waals surface area (Å²) in [5.41, 5.74) is 1.05. The van der Waals surface area contributed by atoms with Crippen LogP contribution in [0, 0.1) is 0 Å². The van der Waals surface area contributed by atoms with E-state index in [-0.39, 0.29) is 5.97 Å². The second-order valence-electron chi connectivity index (χ2n) is 7.31. The number of allylic oxidation sites excluding steroid dienone is 1. The van der Waals surface area contributed by atoms with Gasteiger partial charge in [0.1, 0.15) is 0 Å². The fourth-order valence-electron chi connectivity index (χ4n) is 2.83. The quantitative estimate of drug-likeness (QED) is 0.110.